The SMILES string of the molecule is CC(C)(C)c1ccc(SCC(CN)c2ccccc2)cc1. The molecule has 2 N–H and O–H groups in total. The van der Waals surface area contributed by atoms with Gasteiger partial charge in [0.05, 0.1) is 0 Å². The van der Waals surface area contributed by atoms with Gasteiger partial charge in [-0.05, 0) is 35.2 Å². The van der Waals surface area contributed by atoms with Crippen LogP contribution < -0.4 is 5.73 Å². The van der Waals surface area contributed by atoms with Crippen LogP contribution in [0.15, 0.2) is 59.5 Å². The molecular weight excluding hydrogens is 274 g/mol. The lowest BCUT2D eigenvalue weighted by Crippen LogP contribution is -2.14. The van der Waals surface area contributed by atoms with E-state index in [1.54, 1.807) is 0 Å². The molecule has 2 rings (SSSR count). The normalized spacial score (nSPS) is 13.1. The minimum Gasteiger partial charge on any atom is -0.330 e. The zero-order valence-corrected chi connectivity index (χ0v) is 14.0. The molecule has 112 valence electrons. The summed E-state index contributed by atoms with van der Waals surface area (Å²) in [5, 5.41) is 0. The second-order valence-electron chi connectivity index (χ2n) is 6.43. The third-order valence-electron chi connectivity index (χ3n) is 3.73. The molecule has 1 nitrogen and oxygen atoms in total. The van der Waals surface area contributed by atoms with E-state index in [9.17, 15) is 0 Å². The molecule has 0 heterocycles. The van der Waals surface area contributed by atoms with Gasteiger partial charge in [-0.15, -0.1) is 11.8 Å². The molecule has 0 spiro atoms. The summed E-state index contributed by atoms with van der Waals surface area (Å²) in [6.07, 6.45) is 0. The molecule has 0 radical (unpaired) electrons. The van der Waals surface area contributed by atoms with Gasteiger partial charge in [0.2, 0.25) is 0 Å². The van der Waals surface area contributed by atoms with Crippen molar-refractivity contribution in [1.29, 1.82) is 0 Å². The molecule has 0 aliphatic carbocycles. The summed E-state index contributed by atoms with van der Waals surface area (Å²) in [7, 11) is 0. The first kappa shape index (κ1) is 16.1. The first-order chi connectivity index (χ1) is 10.0. The molecule has 0 aliphatic heterocycles. The standard InChI is InChI=1S/C19H25NS/c1-19(2,3)17-9-11-18(12-10-17)21-14-16(13-20)15-7-5-4-6-8-15/h4-12,16H,13-14,20H2,1-3H3. The summed E-state index contributed by atoms with van der Waals surface area (Å²) in [5.74, 6) is 1.44. The highest BCUT2D eigenvalue weighted by Gasteiger charge is 2.14. The molecule has 0 aromatic heterocycles. The van der Waals surface area contributed by atoms with Crippen LogP contribution in [0, 0.1) is 0 Å². The van der Waals surface area contributed by atoms with E-state index in [0.717, 1.165) is 5.75 Å². The van der Waals surface area contributed by atoms with Crippen LogP contribution in [0.1, 0.15) is 37.8 Å². The summed E-state index contributed by atoms with van der Waals surface area (Å²) < 4.78 is 0. The Bertz CT molecular complexity index is 540. The summed E-state index contributed by atoms with van der Waals surface area (Å²) in [6.45, 7) is 7.43. The second-order valence-corrected chi connectivity index (χ2v) is 7.52. The Kier molecular flexibility index (Phi) is 5.49. The molecule has 1 unspecified atom stereocenters. The highest BCUT2D eigenvalue weighted by atomic mass is 32.2. The van der Waals surface area contributed by atoms with Crippen LogP contribution in [0.4, 0.5) is 0 Å². The van der Waals surface area contributed by atoms with Crippen molar-refractivity contribution in [3.05, 3.63) is 65.7 Å². The molecule has 0 amide bonds. The lowest BCUT2D eigenvalue weighted by atomic mass is 9.87. The Labute approximate surface area is 133 Å². The predicted octanol–water partition coefficient (Wildman–Crippen LogP) is 4.82. The van der Waals surface area contributed by atoms with Gasteiger partial charge in [-0.3, -0.25) is 0 Å². The fraction of sp³-hybridized carbons (Fsp3) is 0.368. The van der Waals surface area contributed by atoms with Crippen molar-refractivity contribution in [3.63, 3.8) is 0 Å². The van der Waals surface area contributed by atoms with Gasteiger partial charge in [-0.2, -0.15) is 0 Å². The zero-order valence-electron chi connectivity index (χ0n) is 13.2. The lowest BCUT2D eigenvalue weighted by Gasteiger charge is -2.19. The van der Waals surface area contributed by atoms with Crippen molar-refractivity contribution in [1.82, 2.24) is 0 Å². The average molecular weight is 299 g/mol. The number of benzene rings is 2. The Morgan fingerprint density at radius 2 is 1.57 bits per heavy atom. The molecule has 2 aromatic rings. The highest BCUT2D eigenvalue weighted by molar-refractivity contribution is 7.99. The maximum Gasteiger partial charge on any atom is 0.00723 e. The van der Waals surface area contributed by atoms with Crippen molar-refractivity contribution in [3.8, 4) is 0 Å². The van der Waals surface area contributed by atoms with E-state index in [1.807, 2.05) is 11.8 Å². The second kappa shape index (κ2) is 7.15. The average Bonchev–Trinajstić information content (AvgIpc) is 2.48. The molecule has 2 heteroatoms. The monoisotopic (exact) mass is 299 g/mol. The van der Waals surface area contributed by atoms with Crippen LogP contribution in [0.2, 0.25) is 0 Å². The fourth-order valence-electron chi connectivity index (χ4n) is 2.27. The molecule has 0 saturated carbocycles. The van der Waals surface area contributed by atoms with E-state index < -0.39 is 0 Å². The van der Waals surface area contributed by atoms with Crippen LogP contribution >= 0.6 is 11.8 Å². The van der Waals surface area contributed by atoms with Crippen LogP contribution in [-0.2, 0) is 5.41 Å². The van der Waals surface area contributed by atoms with Gasteiger partial charge in [0.15, 0.2) is 0 Å². The van der Waals surface area contributed by atoms with Crippen molar-refractivity contribution in [2.75, 3.05) is 12.3 Å². The van der Waals surface area contributed by atoms with Crippen molar-refractivity contribution >= 4 is 11.8 Å². The number of hydrogen-bond donors (Lipinski definition) is 1. The van der Waals surface area contributed by atoms with Crippen molar-refractivity contribution < 1.29 is 0 Å². The van der Waals surface area contributed by atoms with Gasteiger partial charge < -0.3 is 5.73 Å². The summed E-state index contributed by atoms with van der Waals surface area (Å²) >= 11 is 1.89. The molecule has 1 atom stereocenters. The van der Waals surface area contributed by atoms with Gasteiger partial charge in [0.25, 0.3) is 0 Å². The Hall–Kier alpha value is -1.25. The Morgan fingerprint density at radius 1 is 0.952 bits per heavy atom. The van der Waals surface area contributed by atoms with Crippen LogP contribution in [0.25, 0.3) is 0 Å². The molecule has 0 bridgehead atoms. The van der Waals surface area contributed by atoms with E-state index in [2.05, 4.69) is 75.4 Å². The largest absolute Gasteiger partial charge is 0.330 e. The van der Waals surface area contributed by atoms with Gasteiger partial charge in [0.1, 0.15) is 0 Å². The van der Waals surface area contributed by atoms with Gasteiger partial charge in [0, 0.05) is 16.6 Å². The third-order valence-corrected chi connectivity index (χ3v) is 4.90. The van der Waals surface area contributed by atoms with Crippen LogP contribution in [0.3, 0.4) is 0 Å². The van der Waals surface area contributed by atoms with Crippen LogP contribution in [0.5, 0.6) is 0 Å². The van der Waals surface area contributed by atoms with Gasteiger partial charge in [-0.1, -0.05) is 63.2 Å². The maximum absolute atomic E-state index is 5.94. The predicted molar refractivity (Wildman–Crippen MR) is 94.1 cm³/mol. The lowest BCUT2D eigenvalue weighted by molar-refractivity contribution is 0.590. The van der Waals surface area contributed by atoms with E-state index in [1.165, 1.54) is 16.0 Å². The van der Waals surface area contributed by atoms with E-state index in [0.29, 0.717) is 12.5 Å². The quantitative estimate of drug-likeness (QED) is 0.801. The topological polar surface area (TPSA) is 26.0 Å². The minimum atomic E-state index is 0.215. The maximum atomic E-state index is 5.94. The number of rotatable bonds is 5. The molecule has 2 aromatic carbocycles. The summed E-state index contributed by atoms with van der Waals surface area (Å²) in [5.41, 5.74) is 8.86. The molecule has 0 aliphatic rings. The van der Waals surface area contributed by atoms with Crippen molar-refractivity contribution in [2.24, 2.45) is 5.73 Å². The molecule has 0 fully saturated rings. The van der Waals surface area contributed by atoms with Crippen LogP contribution in [-0.4, -0.2) is 12.3 Å². The number of nitrogens with two attached hydrogens (primary N) is 1. The fourth-order valence-corrected chi connectivity index (χ4v) is 3.32. The zero-order chi connectivity index (χ0) is 15.3. The first-order valence-electron chi connectivity index (χ1n) is 7.49. The number of thioether (sulfide) groups is 1. The first-order valence-corrected chi connectivity index (χ1v) is 8.47. The Balaban J connectivity index is 1.99. The smallest absolute Gasteiger partial charge is 0.00723 e. The van der Waals surface area contributed by atoms with Gasteiger partial charge in [-0.25, -0.2) is 0 Å². The Morgan fingerprint density at radius 3 is 2.10 bits per heavy atom. The molecule has 21 heavy (non-hydrogen) atoms. The van der Waals surface area contributed by atoms with E-state index in [4.69, 9.17) is 5.73 Å². The van der Waals surface area contributed by atoms with E-state index in [-0.39, 0.29) is 5.41 Å². The summed E-state index contributed by atoms with van der Waals surface area (Å²) in [4.78, 5) is 1.32. The minimum absolute atomic E-state index is 0.215. The van der Waals surface area contributed by atoms with Gasteiger partial charge >= 0.3 is 0 Å². The summed E-state index contributed by atoms with van der Waals surface area (Å²) in [6, 6.07) is 19.5. The number of hydrogen-bond acceptors (Lipinski definition) is 2. The molecular formula is C19H25NS. The molecule has 0 saturated heterocycles. The van der Waals surface area contributed by atoms with E-state index >= 15 is 0 Å². The van der Waals surface area contributed by atoms with Crippen molar-refractivity contribution in [2.45, 2.75) is 37.0 Å². The third kappa shape index (κ3) is 4.62. The highest BCUT2D eigenvalue weighted by Crippen LogP contribution is 2.28.